The Morgan fingerprint density at radius 1 is 1.22 bits per heavy atom. The summed E-state index contributed by atoms with van der Waals surface area (Å²) >= 11 is 0. The van der Waals surface area contributed by atoms with Crippen LogP contribution in [0.3, 0.4) is 0 Å². The molecule has 1 saturated heterocycles. The van der Waals surface area contributed by atoms with E-state index in [1.807, 2.05) is 32.0 Å². The van der Waals surface area contributed by atoms with Crippen molar-refractivity contribution in [1.82, 2.24) is 15.0 Å². The Morgan fingerprint density at radius 3 is 2.87 bits per heavy atom. The normalized spacial score (nSPS) is 17.2. The largest absolute Gasteiger partial charge is 0.381 e. The molecule has 2 aromatic heterocycles. The molecule has 0 unspecified atom stereocenters. The number of ether oxygens (including phenoxy) is 1. The Labute approximate surface area is 136 Å². The molecule has 122 valence electrons. The molecule has 0 saturated carbocycles. The number of aromatic nitrogens is 3. The van der Waals surface area contributed by atoms with Crippen LogP contribution in [0.15, 0.2) is 24.4 Å². The van der Waals surface area contributed by atoms with Crippen LogP contribution in [0, 0.1) is 13.8 Å². The van der Waals surface area contributed by atoms with E-state index >= 15 is 0 Å². The van der Waals surface area contributed by atoms with Gasteiger partial charge in [-0.15, -0.1) is 0 Å². The van der Waals surface area contributed by atoms with Gasteiger partial charge in [0.2, 0.25) is 0 Å². The zero-order chi connectivity index (χ0) is 16.1. The second-order valence-electron chi connectivity index (χ2n) is 5.81. The van der Waals surface area contributed by atoms with Crippen molar-refractivity contribution in [2.45, 2.75) is 26.2 Å². The predicted molar refractivity (Wildman–Crippen MR) is 90.9 cm³/mol. The minimum atomic E-state index is 0.395. The standard InChI is InChI=1S/C17H23N5O/c1-12-4-3-6-19-17(12)20-8-7-18-16-10-15(21-13(2)22-16)14-5-9-23-11-14/h3-4,6,10,14H,5,7-9,11H2,1-2H3,(H,19,20)(H,18,21,22)/t14-/m1/s1. The van der Waals surface area contributed by atoms with Crippen LogP contribution in [-0.4, -0.2) is 41.3 Å². The summed E-state index contributed by atoms with van der Waals surface area (Å²) in [5.41, 5.74) is 2.22. The van der Waals surface area contributed by atoms with Gasteiger partial charge in [-0.25, -0.2) is 15.0 Å². The molecule has 1 aliphatic heterocycles. The lowest BCUT2D eigenvalue weighted by molar-refractivity contribution is 0.193. The number of nitrogens with one attached hydrogen (secondary N) is 2. The van der Waals surface area contributed by atoms with E-state index in [4.69, 9.17) is 4.74 Å². The summed E-state index contributed by atoms with van der Waals surface area (Å²) in [5, 5.41) is 6.69. The second kappa shape index (κ2) is 7.37. The van der Waals surface area contributed by atoms with Crippen LogP contribution in [0.2, 0.25) is 0 Å². The lowest BCUT2D eigenvalue weighted by Gasteiger charge is -2.12. The topological polar surface area (TPSA) is 72.0 Å². The van der Waals surface area contributed by atoms with Gasteiger partial charge < -0.3 is 15.4 Å². The van der Waals surface area contributed by atoms with E-state index in [0.717, 1.165) is 61.4 Å². The Balaban J connectivity index is 1.54. The molecule has 2 aromatic rings. The fourth-order valence-electron chi connectivity index (χ4n) is 2.70. The summed E-state index contributed by atoms with van der Waals surface area (Å²) in [7, 11) is 0. The zero-order valence-electron chi connectivity index (χ0n) is 13.7. The Hall–Kier alpha value is -2.21. The highest BCUT2D eigenvalue weighted by Gasteiger charge is 2.20. The van der Waals surface area contributed by atoms with Crippen LogP contribution in [-0.2, 0) is 4.74 Å². The van der Waals surface area contributed by atoms with Gasteiger partial charge in [0.15, 0.2) is 0 Å². The first-order valence-electron chi connectivity index (χ1n) is 8.05. The first kappa shape index (κ1) is 15.7. The third-order valence-corrected chi connectivity index (χ3v) is 3.94. The van der Waals surface area contributed by atoms with Crippen molar-refractivity contribution in [3.63, 3.8) is 0 Å². The quantitative estimate of drug-likeness (QED) is 0.799. The summed E-state index contributed by atoms with van der Waals surface area (Å²) in [6, 6.07) is 6.03. The first-order chi connectivity index (χ1) is 11.2. The summed E-state index contributed by atoms with van der Waals surface area (Å²) in [4.78, 5) is 13.3. The predicted octanol–water partition coefficient (Wildman–Crippen LogP) is 2.52. The van der Waals surface area contributed by atoms with E-state index in [0.29, 0.717) is 5.92 Å². The third kappa shape index (κ3) is 4.16. The molecule has 6 heteroatoms. The fraction of sp³-hybridized carbons (Fsp3) is 0.471. The van der Waals surface area contributed by atoms with E-state index in [9.17, 15) is 0 Å². The van der Waals surface area contributed by atoms with E-state index < -0.39 is 0 Å². The molecule has 1 aliphatic rings. The molecular weight excluding hydrogens is 290 g/mol. The SMILES string of the molecule is Cc1nc(NCCNc2ncccc2C)cc([C@@H]2CCOC2)n1. The van der Waals surface area contributed by atoms with E-state index in [2.05, 4.69) is 25.6 Å². The van der Waals surface area contributed by atoms with Crippen LogP contribution < -0.4 is 10.6 Å². The second-order valence-corrected chi connectivity index (χ2v) is 5.81. The Bertz CT molecular complexity index is 655. The van der Waals surface area contributed by atoms with Crippen LogP contribution in [0.25, 0.3) is 0 Å². The first-order valence-corrected chi connectivity index (χ1v) is 8.05. The molecule has 0 amide bonds. The number of pyridine rings is 1. The molecule has 1 atom stereocenters. The number of hydrogen-bond acceptors (Lipinski definition) is 6. The lowest BCUT2D eigenvalue weighted by atomic mass is 10.0. The zero-order valence-corrected chi connectivity index (χ0v) is 13.7. The number of nitrogens with zero attached hydrogens (tertiary/aromatic N) is 3. The van der Waals surface area contributed by atoms with Crippen molar-refractivity contribution in [1.29, 1.82) is 0 Å². The highest BCUT2D eigenvalue weighted by molar-refractivity contribution is 5.43. The molecule has 0 spiro atoms. The minimum absolute atomic E-state index is 0.395. The number of anilines is 2. The van der Waals surface area contributed by atoms with Gasteiger partial charge in [0, 0.05) is 37.9 Å². The van der Waals surface area contributed by atoms with Crippen molar-refractivity contribution in [3.8, 4) is 0 Å². The maximum absolute atomic E-state index is 5.45. The van der Waals surface area contributed by atoms with Crippen molar-refractivity contribution < 1.29 is 4.74 Å². The minimum Gasteiger partial charge on any atom is -0.381 e. The molecule has 23 heavy (non-hydrogen) atoms. The highest BCUT2D eigenvalue weighted by atomic mass is 16.5. The van der Waals surface area contributed by atoms with Crippen LogP contribution >= 0.6 is 0 Å². The number of hydrogen-bond donors (Lipinski definition) is 2. The maximum Gasteiger partial charge on any atom is 0.129 e. The molecule has 0 bridgehead atoms. The highest BCUT2D eigenvalue weighted by Crippen LogP contribution is 2.24. The molecule has 3 rings (SSSR count). The van der Waals surface area contributed by atoms with Crippen LogP contribution in [0.1, 0.15) is 29.4 Å². The summed E-state index contributed by atoms with van der Waals surface area (Å²) in [6.07, 6.45) is 2.84. The van der Waals surface area contributed by atoms with Crippen LogP contribution in [0.4, 0.5) is 11.6 Å². The fourth-order valence-corrected chi connectivity index (χ4v) is 2.70. The van der Waals surface area contributed by atoms with E-state index in [1.165, 1.54) is 0 Å². The van der Waals surface area contributed by atoms with Gasteiger partial charge in [-0.05, 0) is 31.9 Å². The van der Waals surface area contributed by atoms with Gasteiger partial charge in [0.25, 0.3) is 0 Å². The molecule has 0 radical (unpaired) electrons. The van der Waals surface area contributed by atoms with Gasteiger partial charge in [0.05, 0.1) is 12.3 Å². The summed E-state index contributed by atoms with van der Waals surface area (Å²) < 4.78 is 5.45. The van der Waals surface area contributed by atoms with E-state index in [-0.39, 0.29) is 0 Å². The van der Waals surface area contributed by atoms with Gasteiger partial charge in [0.1, 0.15) is 17.5 Å². The molecule has 0 aromatic carbocycles. The molecule has 2 N–H and O–H groups in total. The lowest BCUT2D eigenvalue weighted by Crippen LogP contribution is -2.16. The number of rotatable bonds is 6. The maximum atomic E-state index is 5.45. The van der Waals surface area contributed by atoms with Crippen LogP contribution in [0.5, 0.6) is 0 Å². The molecule has 3 heterocycles. The van der Waals surface area contributed by atoms with Crippen molar-refractivity contribution >= 4 is 11.6 Å². The molecular formula is C17H23N5O. The monoisotopic (exact) mass is 313 g/mol. The van der Waals surface area contributed by atoms with Gasteiger partial charge in [-0.2, -0.15) is 0 Å². The third-order valence-electron chi connectivity index (χ3n) is 3.94. The average Bonchev–Trinajstić information content (AvgIpc) is 3.07. The van der Waals surface area contributed by atoms with Gasteiger partial charge >= 0.3 is 0 Å². The Morgan fingerprint density at radius 2 is 2.09 bits per heavy atom. The average molecular weight is 313 g/mol. The Kier molecular flexibility index (Phi) is 5.02. The van der Waals surface area contributed by atoms with Crippen molar-refractivity contribution in [3.05, 3.63) is 41.5 Å². The summed E-state index contributed by atoms with van der Waals surface area (Å²) in [6.45, 7) is 7.11. The molecule has 0 aliphatic carbocycles. The van der Waals surface area contributed by atoms with Gasteiger partial charge in [-0.1, -0.05) is 6.07 Å². The number of aryl methyl sites for hydroxylation is 2. The molecule has 1 fully saturated rings. The van der Waals surface area contributed by atoms with E-state index in [1.54, 1.807) is 6.20 Å². The van der Waals surface area contributed by atoms with Crippen molar-refractivity contribution in [2.75, 3.05) is 36.9 Å². The summed E-state index contributed by atoms with van der Waals surface area (Å²) in [5.74, 6) is 2.99. The smallest absolute Gasteiger partial charge is 0.129 e. The van der Waals surface area contributed by atoms with Gasteiger partial charge in [-0.3, -0.25) is 0 Å². The van der Waals surface area contributed by atoms with Crippen molar-refractivity contribution in [2.24, 2.45) is 0 Å². The molecule has 6 nitrogen and oxygen atoms in total.